The molecule has 1 aromatic rings. The van der Waals surface area contributed by atoms with E-state index in [1.165, 1.54) is 10.5 Å². The van der Waals surface area contributed by atoms with Crippen LogP contribution >= 0.6 is 11.8 Å². The van der Waals surface area contributed by atoms with Crippen LogP contribution < -0.4 is 5.32 Å². The molecule has 2 nitrogen and oxygen atoms in total. The number of nitrogens with one attached hydrogen (secondary N) is 1. The first kappa shape index (κ1) is 15.5. The van der Waals surface area contributed by atoms with E-state index in [4.69, 9.17) is 4.74 Å². The van der Waals surface area contributed by atoms with Gasteiger partial charge in [0.15, 0.2) is 0 Å². The van der Waals surface area contributed by atoms with Gasteiger partial charge in [-0.25, -0.2) is 0 Å². The summed E-state index contributed by atoms with van der Waals surface area (Å²) in [7, 11) is 0. The molecule has 0 heterocycles. The van der Waals surface area contributed by atoms with Gasteiger partial charge in [-0.05, 0) is 39.4 Å². The monoisotopic (exact) mass is 267 g/mol. The third-order valence-electron chi connectivity index (χ3n) is 2.60. The summed E-state index contributed by atoms with van der Waals surface area (Å²) in [5, 5.41) is 3.47. The zero-order chi connectivity index (χ0) is 13.4. The summed E-state index contributed by atoms with van der Waals surface area (Å²) >= 11 is 1.89. The van der Waals surface area contributed by atoms with Gasteiger partial charge in [0.2, 0.25) is 0 Å². The van der Waals surface area contributed by atoms with Crippen LogP contribution in [0.1, 0.15) is 26.3 Å². The quantitative estimate of drug-likeness (QED) is 0.729. The van der Waals surface area contributed by atoms with Crippen LogP contribution in [0.2, 0.25) is 0 Å². The minimum Gasteiger partial charge on any atom is -0.377 e. The van der Waals surface area contributed by atoms with Crippen LogP contribution in [0.25, 0.3) is 0 Å². The van der Waals surface area contributed by atoms with E-state index < -0.39 is 0 Å². The molecule has 0 saturated heterocycles. The molecule has 1 rings (SSSR count). The van der Waals surface area contributed by atoms with Crippen molar-refractivity contribution >= 4 is 11.8 Å². The number of benzene rings is 1. The van der Waals surface area contributed by atoms with Gasteiger partial charge in [-0.1, -0.05) is 24.6 Å². The van der Waals surface area contributed by atoms with Gasteiger partial charge < -0.3 is 10.1 Å². The summed E-state index contributed by atoms with van der Waals surface area (Å²) in [6.07, 6.45) is 0.301. The molecular weight excluding hydrogens is 242 g/mol. The van der Waals surface area contributed by atoms with E-state index in [0.717, 1.165) is 18.9 Å². The summed E-state index contributed by atoms with van der Waals surface area (Å²) in [4.78, 5) is 1.33. The highest BCUT2D eigenvalue weighted by molar-refractivity contribution is 7.99. The molecule has 102 valence electrons. The molecule has 0 fully saturated rings. The lowest BCUT2D eigenvalue weighted by Gasteiger charge is -2.19. The number of rotatable bonds is 8. The summed E-state index contributed by atoms with van der Waals surface area (Å²) in [6.45, 7) is 10.2. The maximum atomic E-state index is 5.69. The topological polar surface area (TPSA) is 21.3 Å². The van der Waals surface area contributed by atoms with E-state index in [1.54, 1.807) is 0 Å². The predicted octanol–water partition coefficient (Wildman–Crippen LogP) is 3.49. The SMILES string of the molecule is CCNC(COC(C)C)CSc1ccc(C)cc1. The largest absolute Gasteiger partial charge is 0.377 e. The molecule has 0 saturated carbocycles. The molecular formula is C15H25NOS. The Labute approximate surface area is 116 Å². The van der Waals surface area contributed by atoms with Crippen LogP contribution in [0.5, 0.6) is 0 Å². The highest BCUT2D eigenvalue weighted by Gasteiger charge is 2.09. The molecule has 1 atom stereocenters. The summed E-state index contributed by atoms with van der Waals surface area (Å²) in [6, 6.07) is 9.12. The van der Waals surface area contributed by atoms with Gasteiger partial charge in [0.05, 0.1) is 12.7 Å². The predicted molar refractivity (Wildman–Crippen MR) is 80.5 cm³/mol. The summed E-state index contributed by atoms with van der Waals surface area (Å²) in [5.74, 6) is 1.05. The average molecular weight is 267 g/mol. The summed E-state index contributed by atoms with van der Waals surface area (Å²) < 4.78 is 5.69. The second kappa shape index (κ2) is 8.57. The summed E-state index contributed by atoms with van der Waals surface area (Å²) in [5.41, 5.74) is 1.31. The van der Waals surface area contributed by atoms with Crippen molar-refractivity contribution in [3.05, 3.63) is 29.8 Å². The van der Waals surface area contributed by atoms with Crippen LogP contribution in [0, 0.1) is 6.92 Å². The van der Waals surface area contributed by atoms with E-state index in [0.29, 0.717) is 12.1 Å². The van der Waals surface area contributed by atoms with Gasteiger partial charge in [-0.2, -0.15) is 0 Å². The third kappa shape index (κ3) is 6.43. The number of hydrogen-bond acceptors (Lipinski definition) is 3. The minimum atomic E-state index is 0.301. The van der Waals surface area contributed by atoms with Gasteiger partial charge in [0.1, 0.15) is 0 Å². The van der Waals surface area contributed by atoms with Crippen molar-refractivity contribution in [1.82, 2.24) is 5.32 Å². The Morgan fingerprint density at radius 1 is 1.22 bits per heavy atom. The van der Waals surface area contributed by atoms with Crippen LogP contribution in [0.15, 0.2) is 29.2 Å². The zero-order valence-electron chi connectivity index (χ0n) is 11.9. The third-order valence-corrected chi connectivity index (χ3v) is 3.77. The maximum Gasteiger partial charge on any atom is 0.0631 e. The van der Waals surface area contributed by atoms with Crippen LogP contribution in [0.4, 0.5) is 0 Å². The molecule has 18 heavy (non-hydrogen) atoms. The van der Waals surface area contributed by atoms with Crippen molar-refractivity contribution in [3.63, 3.8) is 0 Å². The van der Waals surface area contributed by atoms with Crippen molar-refractivity contribution < 1.29 is 4.74 Å². The number of aryl methyl sites for hydroxylation is 1. The van der Waals surface area contributed by atoms with Crippen molar-refractivity contribution in [2.45, 2.75) is 44.7 Å². The van der Waals surface area contributed by atoms with E-state index in [9.17, 15) is 0 Å². The smallest absolute Gasteiger partial charge is 0.0631 e. The first-order chi connectivity index (χ1) is 8.61. The Bertz CT molecular complexity index is 324. The lowest BCUT2D eigenvalue weighted by Crippen LogP contribution is -2.36. The zero-order valence-corrected chi connectivity index (χ0v) is 12.7. The molecule has 0 aliphatic carbocycles. The molecule has 1 N–H and O–H groups in total. The first-order valence-electron chi connectivity index (χ1n) is 6.66. The Morgan fingerprint density at radius 2 is 1.89 bits per heavy atom. The Morgan fingerprint density at radius 3 is 2.44 bits per heavy atom. The van der Waals surface area contributed by atoms with E-state index in [1.807, 2.05) is 11.8 Å². The first-order valence-corrected chi connectivity index (χ1v) is 7.64. The number of thioether (sulfide) groups is 1. The fourth-order valence-electron chi connectivity index (χ4n) is 1.59. The van der Waals surface area contributed by atoms with Gasteiger partial charge in [0, 0.05) is 16.7 Å². The molecule has 3 heteroatoms. The standard InChI is InChI=1S/C15H25NOS/c1-5-16-14(10-17-12(2)3)11-18-15-8-6-13(4)7-9-15/h6-9,12,14,16H,5,10-11H2,1-4H3. The molecule has 1 aromatic carbocycles. The van der Waals surface area contributed by atoms with Gasteiger partial charge in [-0.3, -0.25) is 0 Å². The average Bonchev–Trinajstić information content (AvgIpc) is 2.34. The van der Waals surface area contributed by atoms with Crippen molar-refractivity contribution in [1.29, 1.82) is 0 Å². The van der Waals surface area contributed by atoms with Gasteiger partial charge in [0.25, 0.3) is 0 Å². The molecule has 0 aromatic heterocycles. The number of likely N-dealkylation sites (N-methyl/N-ethyl adjacent to an activating group) is 1. The van der Waals surface area contributed by atoms with Gasteiger partial charge >= 0.3 is 0 Å². The lowest BCUT2D eigenvalue weighted by molar-refractivity contribution is 0.0658. The molecule has 0 aliphatic rings. The Hall–Kier alpha value is -0.510. The van der Waals surface area contributed by atoms with E-state index in [-0.39, 0.29) is 0 Å². The minimum absolute atomic E-state index is 0.301. The Kier molecular flexibility index (Phi) is 7.40. The lowest BCUT2D eigenvalue weighted by atomic mass is 10.2. The van der Waals surface area contributed by atoms with E-state index >= 15 is 0 Å². The molecule has 1 unspecified atom stereocenters. The fraction of sp³-hybridized carbons (Fsp3) is 0.600. The maximum absolute atomic E-state index is 5.69. The highest BCUT2D eigenvalue weighted by Crippen LogP contribution is 2.19. The van der Waals surface area contributed by atoms with Crippen LogP contribution in [0.3, 0.4) is 0 Å². The second-order valence-corrected chi connectivity index (χ2v) is 5.85. The van der Waals surface area contributed by atoms with Crippen LogP contribution in [-0.2, 0) is 4.74 Å². The van der Waals surface area contributed by atoms with Crippen molar-refractivity contribution in [3.8, 4) is 0 Å². The normalized spacial score (nSPS) is 12.9. The number of hydrogen-bond donors (Lipinski definition) is 1. The molecule has 0 radical (unpaired) electrons. The highest BCUT2D eigenvalue weighted by atomic mass is 32.2. The Balaban J connectivity index is 2.38. The van der Waals surface area contributed by atoms with Crippen LogP contribution in [-0.4, -0.2) is 31.1 Å². The fourth-order valence-corrected chi connectivity index (χ4v) is 2.53. The molecule has 0 bridgehead atoms. The van der Waals surface area contributed by atoms with Gasteiger partial charge in [-0.15, -0.1) is 11.8 Å². The molecule has 0 aliphatic heterocycles. The van der Waals surface area contributed by atoms with E-state index in [2.05, 4.69) is 57.3 Å². The number of ether oxygens (including phenoxy) is 1. The molecule has 0 spiro atoms. The second-order valence-electron chi connectivity index (χ2n) is 4.76. The van der Waals surface area contributed by atoms with Crippen molar-refractivity contribution in [2.24, 2.45) is 0 Å². The molecule has 0 amide bonds. The van der Waals surface area contributed by atoms with Crippen molar-refractivity contribution in [2.75, 3.05) is 18.9 Å².